The highest BCUT2D eigenvalue weighted by atomic mass is 32.1. The van der Waals surface area contributed by atoms with E-state index in [0.29, 0.717) is 0 Å². The van der Waals surface area contributed by atoms with Gasteiger partial charge in [0.15, 0.2) is 10.8 Å². The van der Waals surface area contributed by atoms with Crippen molar-refractivity contribution in [1.29, 1.82) is 0 Å². The smallest absolute Gasteiger partial charge is 0.185 e. The largest absolute Gasteiger partial charge is 0.497 e. The normalized spacial score (nSPS) is 27.5. The minimum absolute atomic E-state index is 0.0528. The number of ether oxygens (including phenoxy) is 1. The predicted molar refractivity (Wildman–Crippen MR) is 99.6 cm³/mol. The number of aliphatic hydroxyl groups is 1. The van der Waals surface area contributed by atoms with Gasteiger partial charge in [-0.3, -0.25) is 0 Å². The Balaban J connectivity index is 1.83. The van der Waals surface area contributed by atoms with Gasteiger partial charge in [-0.2, -0.15) is 0 Å². The highest BCUT2D eigenvalue weighted by Gasteiger charge is 2.57. The maximum atomic E-state index is 11.7. The summed E-state index contributed by atoms with van der Waals surface area (Å²) in [6, 6.07) is 15.8. The van der Waals surface area contributed by atoms with Crippen LogP contribution in [0.3, 0.4) is 0 Å². The summed E-state index contributed by atoms with van der Waals surface area (Å²) in [6.45, 7) is 0. The second kappa shape index (κ2) is 5.98. The second-order valence-electron chi connectivity index (χ2n) is 6.59. The van der Waals surface area contributed by atoms with Crippen molar-refractivity contribution in [1.82, 2.24) is 10.4 Å². The summed E-state index contributed by atoms with van der Waals surface area (Å²) in [4.78, 5) is 0. The van der Waals surface area contributed by atoms with Crippen molar-refractivity contribution in [3.05, 3.63) is 65.2 Å². The summed E-state index contributed by atoms with van der Waals surface area (Å²) in [5.74, 6) is 0.727. The zero-order chi connectivity index (χ0) is 17.6. The number of aryl methyl sites for hydroxylation is 1. The molecule has 2 aromatic carbocycles. The Morgan fingerprint density at radius 1 is 1.32 bits per heavy atom. The van der Waals surface area contributed by atoms with Crippen LogP contribution < -0.4 is 15.9 Å². The van der Waals surface area contributed by atoms with Crippen LogP contribution in [0.25, 0.3) is 0 Å². The van der Waals surface area contributed by atoms with E-state index in [4.69, 9.17) is 22.7 Å². The summed E-state index contributed by atoms with van der Waals surface area (Å²) in [7, 11) is 1.64. The van der Waals surface area contributed by atoms with Gasteiger partial charge >= 0.3 is 0 Å². The molecule has 1 saturated heterocycles. The van der Waals surface area contributed by atoms with Crippen LogP contribution >= 0.6 is 12.2 Å². The van der Waals surface area contributed by atoms with Crippen LogP contribution in [0.4, 0.5) is 0 Å². The second-order valence-corrected chi connectivity index (χ2v) is 7.00. The van der Waals surface area contributed by atoms with Gasteiger partial charge in [0, 0.05) is 11.5 Å². The topological polar surface area (TPSA) is 70.8 Å². The lowest BCUT2D eigenvalue weighted by atomic mass is 9.73. The Morgan fingerprint density at radius 3 is 2.76 bits per heavy atom. The predicted octanol–water partition coefficient (Wildman–Crippen LogP) is 2.21. The van der Waals surface area contributed by atoms with Crippen LogP contribution in [0.15, 0.2) is 48.5 Å². The Kier molecular flexibility index (Phi) is 3.91. The number of nitrogens with two attached hydrogens (primary N) is 1. The van der Waals surface area contributed by atoms with Crippen LogP contribution in [-0.4, -0.2) is 22.3 Å². The first-order valence-electron chi connectivity index (χ1n) is 8.36. The molecule has 0 aromatic heterocycles. The molecule has 5 nitrogen and oxygen atoms in total. The number of nitrogens with one attached hydrogen (secondary N) is 1. The molecule has 2 aromatic rings. The molecule has 0 saturated carbocycles. The first-order chi connectivity index (χ1) is 12.1. The van der Waals surface area contributed by atoms with Gasteiger partial charge in [0.25, 0.3) is 0 Å². The van der Waals surface area contributed by atoms with Crippen LogP contribution in [0.2, 0.25) is 0 Å². The van der Waals surface area contributed by atoms with Crippen molar-refractivity contribution in [2.24, 2.45) is 11.7 Å². The fourth-order valence-electron chi connectivity index (χ4n) is 4.19. The van der Waals surface area contributed by atoms with E-state index >= 15 is 0 Å². The van der Waals surface area contributed by atoms with Crippen LogP contribution in [0, 0.1) is 5.92 Å². The minimum Gasteiger partial charge on any atom is -0.497 e. The van der Waals surface area contributed by atoms with Crippen LogP contribution in [-0.2, 0) is 12.1 Å². The number of hydrogen-bond acceptors (Lipinski definition) is 4. The average Bonchev–Trinajstić information content (AvgIpc) is 2.95. The number of rotatable bonds is 2. The molecule has 0 amide bonds. The van der Waals surface area contributed by atoms with E-state index < -0.39 is 5.72 Å². The Hall–Kier alpha value is -2.15. The number of thiocarbonyl (C=S) groups is 1. The van der Waals surface area contributed by atoms with E-state index in [2.05, 4.69) is 17.6 Å². The fourth-order valence-corrected chi connectivity index (χ4v) is 4.38. The van der Waals surface area contributed by atoms with Gasteiger partial charge in [0.2, 0.25) is 0 Å². The molecule has 1 fully saturated rings. The lowest BCUT2D eigenvalue weighted by molar-refractivity contribution is -0.103. The maximum absolute atomic E-state index is 11.7. The van der Waals surface area contributed by atoms with E-state index in [1.807, 2.05) is 36.4 Å². The first kappa shape index (κ1) is 16.3. The highest BCUT2D eigenvalue weighted by Crippen LogP contribution is 2.51. The van der Waals surface area contributed by atoms with Gasteiger partial charge in [-0.05, 0) is 48.3 Å². The van der Waals surface area contributed by atoms with Gasteiger partial charge in [-0.1, -0.05) is 36.4 Å². The number of fused-ring (bicyclic) bond motifs is 3. The van der Waals surface area contributed by atoms with E-state index in [1.165, 1.54) is 0 Å². The number of hydrazine groups is 1. The molecule has 1 aliphatic carbocycles. The summed E-state index contributed by atoms with van der Waals surface area (Å²) in [5.41, 5.74) is 11.0. The van der Waals surface area contributed by atoms with Crippen molar-refractivity contribution in [3.63, 3.8) is 0 Å². The first-order valence-corrected chi connectivity index (χ1v) is 8.77. The van der Waals surface area contributed by atoms with E-state index in [0.717, 1.165) is 35.3 Å². The number of methoxy groups -OCH3 is 1. The molecular weight excluding hydrogens is 334 g/mol. The van der Waals surface area contributed by atoms with Gasteiger partial charge < -0.3 is 15.6 Å². The molecule has 2 aliphatic rings. The summed E-state index contributed by atoms with van der Waals surface area (Å²) < 4.78 is 5.33. The maximum Gasteiger partial charge on any atom is 0.185 e. The summed E-state index contributed by atoms with van der Waals surface area (Å²) >= 11 is 5.23. The highest BCUT2D eigenvalue weighted by molar-refractivity contribution is 7.80. The molecule has 6 heteroatoms. The van der Waals surface area contributed by atoms with Gasteiger partial charge in [0.1, 0.15) is 5.75 Å². The van der Waals surface area contributed by atoms with Gasteiger partial charge in [-0.15, -0.1) is 0 Å². The van der Waals surface area contributed by atoms with Crippen molar-refractivity contribution in [2.75, 3.05) is 7.11 Å². The molecule has 3 atom stereocenters. The standard InChI is InChI=1S/C19H21N3O2S/c1-24-14-8-10-15-13(11-14)7-9-16-17(12-5-3-2-4-6-12)21-22(18(20)25)19(15,16)23/h2-6,8,10-11,16-17,21,23H,7,9H2,1H3,(H2,20,25). The SMILES string of the molecule is COc1ccc2c(c1)CCC1C(c3ccccc3)NN(C(N)=S)C21O. The fraction of sp³-hybridized carbons (Fsp3) is 0.316. The summed E-state index contributed by atoms with van der Waals surface area (Å²) in [5, 5.41) is 13.4. The third-order valence-electron chi connectivity index (χ3n) is 5.34. The van der Waals surface area contributed by atoms with E-state index in [9.17, 15) is 5.11 Å². The van der Waals surface area contributed by atoms with Crippen molar-refractivity contribution in [2.45, 2.75) is 24.6 Å². The lowest BCUT2D eigenvalue weighted by Crippen LogP contribution is -2.54. The number of hydrogen-bond donors (Lipinski definition) is 3. The van der Waals surface area contributed by atoms with Gasteiger partial charge in [-0.25, -0.2) is 10.4 Å². The molecule has 0 spiro atoms. The van der Waals surface area contributed by atoms with E-state index in [-0.39, 0.29) is 17.1 Å². The van der Waals surface area contributed by atoms with Gasteiger partial charge in [0.05, 0.1) is 13.2 Å². The number of nitrogens with zero attached hydrogens (tertiary/aromatic N) is 1. The third kappa shape index (κ3) is 2.40. The number of benzene rings is 2. The average molecular weight is 355 g/mol. The third-order valence-corrected chi connectivity index (χ3v) is 5.52. The Bertz CT molecular complexity index is 814. The van der Waals surface area contributed by atoms with Crippen molar-refractivity contribution in [3.8, 4) is 5.75 Å². The molecule has 1 heterocycles. The molecule has 130 valence electrons. The molecule has 0 bridgehead atoms. The summed E-state index contributed by atoms with van der Waals surface area (Å²) in [6.07, 6.45) is 1.69. The van der Waals surface area contributed by atoms with Crippen LogP contribution in [0.1, 0.15) is 29.2 Å². The zero-order valence-electron chi connectivity index (χ0n) is 14.0. The Labute approximate surface area is 152 Å². The van der Waals surface area contributed by atoms with E-state index in [1.54, 1.807) is 12.1 Å². The molecule has 4 rings (SSSR count). The lowest BCUT2D eigenvalue weighted by Gasteiger charge is -2.41. The zero-order valence-corrected chi connectivity index (χ0v) is 14.8. The van der Waals surface area contributed by atoms with Crippen molar-refractivity contribution >= 4 is 17.3 Å². The quantitative estimate of drug-likeness (QED) is 0.718. The molecule has 25 heavy (non-hydrogen) atoms. The Morgan fingerprint density at radius 2 is 2.08 bits per heavy atom. The molecule has 0 radical (unpaired) electrons. The van der Waals surface area contributed by atoms with Crippen molar-refractivity contribution < 1.29 is 9.84 Å². The molecular formula is C19H21N3O2S. The molecule has 4 N–H and O–H groups in total. The van der Waals surface area contributed by atoms with Crippen LogP contribution in [0.5, 0.6) is 5.75 Å². The minimum atomic E-state index is -1.27. The monoisotopic (exact) mass is 355 g/mol. The molecule has 1 aliphatic heterocycles. The molecule has 3 unspecified atom stereocenters.